The highest BCUT2D eigenvalue weighted by Crippen LogP contribution is 2.29. The van der Waals surface area contributed by atoms with Gasteiger partial charge in [0.05, 0.1) is 26.8 Å². The van der Waals surface area contributed by atoms with E-state index in [-0.39, 0.29) is 21.2 Å². The predicted octanol–water partition coefficient (Wildman–Crippen LogP) is 2.70. The molecule has 1 aliphatic rings. The smallest absolute Gasteiger partial charge is 0.267 e. The van der Waals surface area contributed by atoms with Crippen molar-refractivity contribution >= 4 is 50.7 Å². The largest absolute Gasteiger partial charge is 0.288 e. The number of benzene rings is 2. The Kier molecular flexibility index (Phi) is 5.02. The molecule has 1 amide bonds. The molecule has 0 saturated carbocycles. The first-order valence-corrected chi connectivity index (χ1v) is 9.69. The van der Waals surface area contributed by atoms with Crippen molar-refractivity contribution in [2.45, 2.75) is 11.8 Å². The van der Waals surface area contributed by atoms with Crippen LogP contribution in [-0.2, 0) is 14.8 Å². The number of primary sulfonamides is 1. The van der Waals surface area contributed by atoms with Gasteiger partial charge in [0.25, 0.3) is 11.6 Å². The summed E-state index contributed by atoms with van der Waals surface area (Å²) in [4.78, 5) is 23.1. The Morgan fingerprint density at radius 1 is 1.21 bits per heavy atom. The van der Waals surface area contributed by atoms with Gasteiger partial charge in [0.15, 0.2) is 0 Å². The zero-order chi connectivity index (χ0) is 20.6. The number of carbonyl (C=O) groups is 1. The van der Waals surface area contributed by atoms with E-state index in [9.17, 15) is 23.3 Å². The summed E-state index contributed by atoms with van der Waals surface area (Å²) in [5.41, 5.74) is 1.14. The van der Waals surface area contributed by atoms with Crippen molar-refractivity contribution in [1.82, 2.24) is 0 Å². The number of hydrogen-bond donors (Lipinski definition) is 1. The third-order valence-corrected chi connectivity index (χ3v) is 5.20. The summed E-state index contributed by atoms with van der Waals surface area (Å²) in [6.07, 6.45) is 1.48. The Balaban J connectivity index is 1.94. The Bertz CT molecular complexity index is 1160. The van der Waals surface area contributed by atoms with Crippen LogP contribution in [0.3, 0.4) is 0 Å². The first kappa shape index (κ1) is 19.7. The van der Waals surface area contributed by atoms with Crippen LogP contribution >= 0.6 is 11.6 Å². The number of nitrogens with zero attached hydrogens (tertiary/aromatic N) is 3. The summed E-state index contributed by atoms with van der Waals surface area (Å²) >= 11 is 5.80. The summed E-state index contributed by atoms with van der Waals surface area (Å²) in [5.74, 6) is -0.460. The Morgan fingerprint density at radius 2 is 1.86 bits per heavy atom. The zero-order valence-electron chi connectivity index (χ0n) is 14.4. The van der Waals surface area contributed by atoms with Gasteiger partial charge in [0.2, 0.25) is 10.0 Å². The molecule has 9 nitrogen and oxygen atoms in total. The zero-order valence-corrected chi connectivity index (χ0v) is 15.9. The molecule has 0 radical (unpaired) electrons. The second-order valence-corrected chi connectivity index (χ2v) is 7.84. The maximum Gasteiger partial charge on any atom is 0.288 e. The van der Waals surface area contributed by atoms with Crippen LogP contribution in [0.15, 0.2) is 58.0 Å². The van der Waals surface area contributed by atoms with Gasteiger partial charge >= 0.3 is 0 Å². The fraction of sp³-hybridized carbons (Fsp3) is 0.0588. The molecule has 0 spiro atoms. The molecule has 0 bridgehead atoms. The summed E-state index contributed by atoms with van der Waals surface area (Å²) in [5, 5.41) is 21.4. The molecule has 3 rings (SSSR count). The molecule has 28 heavy (non-hydrogen) atoms. The van der Waals surface area contributed by atoms with Crippen molar-refractivity contribution in [2.24, 2.45) is 10.2 Å². The van der Waals surface area contributed by atoms with Gasteiger partial charge in [-0.1, -0.05) is 17.7 Å². The number of amides is 1. The lowest BCUT2D eigenvalue weighted by Crippen LogP contribution is -2.21. The Labute approximate surface area is 164 Å². The predicted molar refractivity (Wildman–Crippen MR) is 104 cm³/mol. The molecule has 2 aromatic carbocycles. The molecule has 11 heteroatoms. The van der Waals surface area contributed by atoms with Crippen molar-refractivity contribution in [3.05, 3.63) is 68.7 Å². The van der Waals surface area contributed by atoms with Crippen molar-refractivity contribution in [1.29, 1.82) is 0 Å². The van der Waals surface area contributed by atoms with E-state index in [4.69, 9.17) is 16.7 Å². The molecule has 2 N–H and O–H groups in total. The van der Waals surface area contributed by atoms with Gasteiger partial charge in [0.1, 0.15) is 5.02 Å². The molecular weight excluding hydrogens is 408 g/mol. The van der Waals surface area contributed by atoms with E-state index in [2.05, 4.69) is 5.10 Å². The quantitative estimate of drug-likeness (QED) is 0.460. The van der Waals surface area contributed by atoms with Crippen LogP contribution in [0.25, 0.3) is 6.08 Å². The van der Waals surface area contributed by atoms with E-state index in [1.807, 2.05) is 0 Å². The summed E-state index contributed by atoms with van der Waals surface area (Å²) in [7, 11) is -3.85. The number of rotatable bonds is 4. The fourth-order valence-corrected chi connectivity index (χ4v) is 3.26. The molecule has 0 atom stereocenters. The standard InChI is InChI=1S/C17H13ClN4O5S/c1-10-14(8-11-2-7-15(18)16(9-11)22(24)25)17(23)21(20-10)12-3-5-13(6-4-12)28(19,26)27/h2-9H,1H3,(H2,19,26,27)/b14-8-. The van der Waals surface area contributed by atoms with Crippen molar-refractivity contribution in [2.75, 3.05) is 5.01 Å². The minimum atomic E-state index is -3.85. The maximum atomic E-state index is 12.7. The Morgan fingerprint density at radius 3 is 2.43 bits per heavy atom. The monoisotopic (exact) mass is 420 g/mol. The van der Waals surface area contributed by atoms with E-state index in [1.54, 1.807) is 13.0 Å². The van der Waals surface area contributed by atoms with Gasteiger partial charge in [-0.3, -0.25) is 14.9 Å². The summed E-state index contributed by atoms with van der Waals surface area (Å²) in [6.45, 7) is 1.62. The van der Waals surface area contributed by atoms with Gasteiger partial charge in [-0.2, -0.15) is 10.1 Å². The van der Waals surface area contributed by atoms with Gasteiger partial charge in [-0.05, 0) is 48.9 Å². The molecule has 144 valence electrons. The highest BCUT2D eigenvalue weighted by molar-refractivity contribution is 7.89. The highest BCUT2D eigenvalue weighted by Gasteiger charge is 2.29. The molecular formula is C17H13ClN4O5S. The van der Waals surface area contributed by atoms with Crippen molar-refractivity contribution in [3.8, 4) is 0 Å². The molecule has 0 saturated heterocycles. The number of nitro benzene ring substituents is 1. The van der Waals surface area contributed by atoms with E-state index in [1.165, 1.54) is 42.5 Å². The molecule has 1 heterocycles. The van der Waals surface area contributed by atoms with Crippen LogP contribution in [0.5, 0.6) is 0 Å². The number of carbonyl (C=O) groups excluding carboxylic acids is 1. The summed E-state index contributed by atoms with van der Waals surface area (Å²) < 4.78 is 22.7. The lowest BCUT2D eigenvalue weighted by Gasteiger charge is -2.12. The molecule has 0 aliphatic carbocycles. The summed E-state index contributed by atoms with van der Waals surface area (Å²) in [6, 6.07) is 9.54. The normalized spacial score (nSPS) is 15.8. The SMILES string of the molecule is CC1=NN(c2ccc(S(N)(=O)=O)cc2)C(=O)/C1=C\c1ccc(Cl)c([N+](=O)[O-])c1. The lowest BCUT2D eigenvalue weighted by atomic mass is 10.1. The third kappa shape index (κ3) is 3.79. The lowest BCUT2D eigenvalue weighted by molar-refractivity contribution is -0.384. The number of nitrogens with two attached hydrogens (primary N) is 1. The number of halogens is 1. The number of anilines is 1. The van der Waals surface area contributed by atoms with Gasteiger partial charge in [-0.15, -0.1) is 0 Å². The number of hydrazone groups is 1. The van der Waals surface area contributed by atoms with Crippen molar-refractivity contribution < 1.29 is 18.1 Å². The number of nitro groups is 1. The fourth-order valence-electron chi connectivity index (χ4n) is 2.56. The van der Waals surface area contributed by atoms with Crippen molar-refractivity contribution in [3.63, 3.8) is 0 Å². The maximum absolute atomic E-state index is 12.7. The number of sulfonamides is 1. The van der Waals surface area contributed by atoms with Gasteiger partial charge in [0, 0.05) is 6.07 Å². The topological polar surface area (TPSA) is 136 Å². The Hall–Kier alpha value is -3.08. The second kappa shape index (κ2) is 7.15. The van der Waals surface area contributed by atoms with E-state index >= 15 is 0 Å². The van der Waals surface area contributed by atoms with Gasteiger partial charge in [-0.25, -0.2) is 13.6 Å². The molecule has 0 aromatic heterocycles. The van der Waals surface area contributed by atoms with Crippen LogP contribution in [0.4, 0.5) is 11.4 Å². The van der Waals surface area contributed by atoms with Crippen LogP contribution in [-0.4, -0.2) is 25.0 Å². The van der Waals surface area contributed by atoms with Gasteiger partial charge < -0.3 is 0 Å². The second-order valence-electron chi connectivity index (χ2n) is 5.87. The van der Waals surface area contributed by atoms with Crippen LogP contribution < -0.4 is 10.1 Å². The number of hydrogen-bond acceptors (Lipinski definition) is 6. The average molecular weight is 421 g/mol. The van der Waals surface area contributed by atoms with Crippen LogP contribution in [0.2, 0.25) is 5.02 Å². The average Bonchev–Trinajstić information content (AvgIpc) is 2.90. The first-order chi connectivity index (χ1) is 13.1. The van der Waals surface area contributed by atoms with E-state index in [0.717, 1.165) is 5.01 Å². The third-order valence-electron chi connectivity index (χ3n) is 3.95. The van der Waals surface area contributed by atoms with Crippen LogP contribution in [0.1, 0.15) is 12.5 Å². The van der Waals surface area contributed by atoms with Crippen LogP contribution in [0, 0.1) is 10.1 Å². The molecule has 2 aromatic rings. The minimum absolute atomic E-state index is 0.00754. The first-order valence-electron chi connectivity index (χ1n) is 7.76. The van der Waals surface area contributed by atoms with E-state index in [0.29, 0.717) is 17.0 Å². The molecule has 0 fully saturated rings. The minimum Gasteiger partial charge on any atom is -0.267 e. The van der Waals surface area contributed by atoms with E-state index < -0.39 is 20.9 Å². The highest BCUT2D eigenvalue weighted by atomic mass is 35.5. The molecule has 0 unspecified atom stereocenters. The molecule has 1 aliphatic heterocycles.